The Morgan fingerprint density at radius 2 is 1.71 bits per heavy atom. The number of alkyl halides is 1. The second-order valence-electron chi connectivity index (χ2n) is 7.76. The summed E-state index contributed by atoms with van der Waals surface area (Å²) >= 11 is 5.74. The van der Waals surface area contributed by atoms with Gasteiger partial charge in [-0.2, -0.15) is 0 Å². The van der Waals surface area contributed by atoms with Crippen LogP contribution in [0, 0.1) is 5.92 Å². The summed E-state index contributed by atoms with van der Waals surface area (Å²) in [5, 5.41) is 0. The van der Waals surface area contributed by atoms with Crippen molar-refractivity contribution in [3.63, 3.8) is 0 Å². The Balaban J connectivity index is 3.19. The van der Waals surface area contributed by atoms with Gasteiger partial charge in [-0.1, -0.05) is 25.0 Å². The Morgan fingerprint density at radius 1 is 1.11 bits per heavy atom. The largest absolute Gasteiger partial charge is 0.468 e. The number of carbonyl (C=O) groups is 3. The summed E-state index contributed by atoms with van der Waals surface area (Å²) < 4.78 is 15.2. The molecule has 0 radical (unpaired) electrons. The molecule has 1 rings (SSSR count). The molecule has 0 bridgehead atoms. The maximum atomic E-state index is 13.0. The number of methoxy groups -OCH3 is 2. The second-order valence-corrected chi connectivity index (χ2v) is 8.14. The minimum absolute atomic E-state index is 0.197. The highest BCUT2D eigenvalue weighted by molar-refractivity contribution is 6.17. The number of nitrogens with zero attached hydrogens (tertiary/aromatic N) is 1. The molecule has 0 aromatic heterocycles. The van der Waals surface area contributed by atoms with Gasteiger partial charge in [0.15, 0.2) is 5.92 Å². The standard InChI is InChI=1S/C20H32ClNO6/c1-20(2,3)28-19(25)22-14(10-7-6-8-13-21)11-9-12-15(22)16(17(23)26-4)18(24)27-5/h9,12,14-16H,6-8,10-11,13H2,1-5H3/t14-,15+/m1/s1. The number of hydrogen-bond acceptors (Lipinski definition) is 6. The van der Waals surface area contributed by atoms with Gasteiger partial charge in [-0.05, 0) is 40.0 Å². The lowest BCUT2D eigenvalue weighted by molar-refractivity contribution is -0.161. The van der Waals surface area contributed by atoms with Crippen LogP contribution < -0.4 is 0 Å². The molecule has 0 unspecified atom stereocenters. The molecule has 1 aliphatic rings. The van der Waals surface area contributed by atoms with Crippen molar-refractivity contribution in [1.29, 1.82) is 0 Å². The van der Waals surface area contributed by atoms with Crippen LogP contribution in [0.1, 0.15) is 52.9 Å². The van der Waals surface area contributed by atoms with E-state index in [-0.39, 0.29) is 6.04 Å². The van der Waals surface area contributed by atoms with Crippen molar-refractivity contribution in [1.82, 2.24) is 4.90 Å². The Labute approximate surface area is 172 Å². The fourth-order valence-electron chi connectivity index (χ4n) is 3.22. The van der Waals surface area contributed by atoms with Gasteiger partial charge in [0, 0.05) is 11.9 Å². The number of halogens is 1. The third-order valence-electron chi connectivity index (χ3n) is 4.48. The minimum Gasteiger partial charge on any atom is -0.468 e. The van der Waals surface area contributed by atoms with Crippen LogP contribution in [-0.4, -0.2) is 60.7 Å². The molecule has 1 heterocycles. The average Bonchev–Trinajstić information content (AvgIpc) is 2.63. The smallest absolute Gasteiger partial charge is 0.411 e. The van der Waals surface area contributed by atoms with Crippen LogP contribution in [0.15, 0.2) is 12.2 Å². The molecule has 28 heavy (non-hydrogen) atoms. The molecule has 0 N–H and O–H groups in total. The van der Waals surface area contributed by atoms with E-state index in [9.17, 15) is 14.4 Å². The number of esters is 2. The Hall–Kier alpha value is -1.76. The zero-order valence-electron chi connectivity index (χ0n) is 17.4. The molecule has 0 fully saturated rings. The number of unbranched alkanes of at least 4 members (excludes halogenated alkanes) is 2. The molecule has 1 amide bonds. The highest BCUT2D eigenvalue weighted by Crippen LogP contribution is 2.29. The third kappa shape index (κ3) is 7.00. The van der Waals surface area contributed by atoms with Gasteiger partial charge < -0.3 is 14.2 Å². The van der Waals surface area contributed by atoms with Gasteiger partial charge in [0.1, 0.15) is 5.60 Å². The topological polar surface area (TPSA) is 82.1 Å². The van der Waals surface area contributed by atoms with Crippen LogP contribution in [0.25, 0.3) is 0 Å². The summed E-state index contributed by atoms with van der Waals surface area (Å²) in [7, 11) is 2.40. The van der Waals surface area contributed by atoms with Crippen LogP contribution in [0.5, 0.6) is 0 Å². The number of rotatable bonds is 8. The molecule has 2 atom stereocenters. The molecule has 1 aliphatic heterocycles. The fourth-order valence-corrected chi connectivity index (χ4v) is 3.41. The molecule has 0 saturated heterocycles. The van der Waals surface area contributed by atoms with Crippen molar-refractivity contribution in [2.24, 2.45) is 5.92 Å². The molecule has 0 aromatic carbocycles. The SMILES string of the molecule is COC(=O)C(C(=O)OC)[C@@H]1C=CC[C@@H](CCCCCCl)N1C(=O)OC(C)(C)C. The van der Waals surface area contributed by atoms with E-state index in [1.54, 1.807) is 26.8 Å². The van der Waals surface area contributed by atoms with Crippen molar-refractivity contribution < 1.29 is 28.6 Å². The summed E-state index contributed by atoms with van der Waals surface area (Å²) in [5.41, 5.74) is -0.710. The Kier molecular flexibility index (Phi) is 9.79. The molecule has 0 aliphatic carbocycles. The van der Waals surface area contributed by atoms with Crippen molar-refractivity contribution in [3.8, 4) is 0 Å². The van der Waals surface area contributed by atoms with E-state index < -0.39 is 35.6 Å². The molecule has 8 heteroatoms. The van der Waals surface area contributed by atoms with Crippen LogP contribution in [0.3, 0.4) is 0 Å². The van der Waals surface area contributed by atoms with E-state index in [1.165, 1.54) is 19.1 Å². The molecular formula is C20H32ClNO6. The zero-order valence-corrected chi connectivity index (χ0v) is 18.2. The predicted molar refractivity (Wildman–Crippen MR) is 106 cm³/mol. The highest BCUT2D eigenvalue weighted by atomic mass is 35.5. The van der Waals surface area contributed by atoms with Crippen molar-refractivity contribution in [2.45, 2.75) is 70.6 Å². The van der Waals surface area contributed by atoms with Crippen LogP contribution in [0.2, 0.25) is 0 Å². The van der Waals surface area contributed by atoms with E-state index >= 15 is 0 Å². The van der Waals surface area contributed by atoms with Crippen molar-refractivity contribution in [2.75, 3.05) is 20.1 Å². The first kappa shape index (κ1) is 24.3. The van der Waals surface area contributed by atoms with Gasteiger partial charge in [0.2, 0.25) is 0 Å². The molecular weight excluding hydrogens is 386 g/mol. The first-order chi connectivity index (χ1) is 13.2. The average molecular weight is 418 g/mol. The maximum absolute atomic E-state index is 13.0. The lowest BCUT2D eigenvalue weighted by Crippen LogP contribution is -2.56. The van der Waals surface area contributed by atoms with E-state index in [4.69, 9.17) is 25.8 Å². The first-order valence-electron chi connectivity index (χ1n) is 9.55. The lowest BCUT2D eigenvalue weighted by atomic mass is 9.90. The zero-order chi connectivity index (χ0) is 21.3. The Bertz CT molecular complexity index is 556. The van der Waals surface area contributed by atoms with Gasteiger partial charge in [0.05, 0.1) is 20.3 Å². The molecule has 0 aromatic rings. The number of amides is 1. The highest BCUT2D eigenvalue weighted by Gasteiger charge is 2.45. The summed E-state index contributed by atoms with van der Waals surface area (Å²) in [6.45, 7) is 5.31. The van der Waals surface area contributed by atoms with Crippen LogP contribution in [-0.2, 0) is 23.8 Å². The molecule has 160 valence electrons. The predicted octanol–water partition coefficient (Wildman–Crippen LogP) is 3.68. The number of hydrogen-bond donors (Lipinski definition) is 0. The molecule has 7 nitrogen and oxygen atoms in total. The maximum Gasteiger partial charge on any atom is 0.411 e. The quantitative estimate of drug-likeness (QED) is 0.150. The monoisotopic (exact) mass is 417 g/mol. The van der Waals surface area contributed by atoms with Crippen molar-refractivity contribution in [3.05, 3.63) is 12.2 Å². The van der Waals surface area contributed by atoms with Gasteiger partial charge in [0.25, 0.3) is 0 Å². The summed E-state index contributed by atoms with van der Waals surface area (Å²) in [5.74, 6) is -2.18. The van der Waals surface area contributed by atoms with Gasteiger partial charge in [-0.3, -0.25) is 14.5 Å². The molecule has 0 spiro atoms. The van der Waals surface area contributed by atoms with Crippen LogP contribution >= 0.6 is 11.6 Å². The summed E-state index contributed by atoms with van der Waals surface area (Å²) in [6, 6.07) is -1.03. The van der Waals surface area contributed by atoms with E-state index in [2.05, 4.69) is 0 Å². The summed E-state index contributed by atoms with van der Waals surface area (Å²) in [4.78, 5) is 39.1. The van der Waals surface area contributed by atoms with Gasteiger partial charge in [-0.25, -0.2) is 4.79 Å². The first-order valence-corrected chi connectivity index (χ1v) is 10.1. The molecule has 0 saturated carbocycles. The fraction of sp³-hybridized carbons (Fsp3) is 0.750. The van der Waals surface area contributed by atoms with Gasteiger partial charge in [-0.15, -0.1) is 11.6 Å². The van der Waals surface area contributed by atoms with E-state index in [0.29, 0.717) is 18.7 Å². The number of ether oxygens (including phenoxy) is 3. The third-order valence-corrected chi connectivity index (χ3v) is 4.75. The number of carbonyl (C=O) groups excluding carboxylic acids is 3. The van der Waals surface area contributed by atoms with E-state index in [1.807, 2.05) is 6.08 Å². The Morgan fingerprint density at radius 3 is 2.21 bits per heavy atom. The summed E-state index contributed by atoms with van der Waals surface area (Å²) in [6.07, 6.45) is 7.03. The van der Waals surface area contributed by atoms with Crippen LogP contribution in [0.4, 0.5) is 4.79 Å². The lowest BCUT2D eigenvalue weighted by Gasteiger charge is -2.41. The second kappa shape index (κ2) is 11.3. The van der Waals surface area contributed by atoms with Crippen molar-refractivity contribution >= 4 is 29.6 Å². The minimum atomic E-state index is -1.27. The van der Waals surface area contributed by atoms with Gasteiger partial charge >= 0.3 is 18.0 Å². The normalized spacial score (nSPS) is 19.5. The van der Waals surface area contributed by atoms with E-state index in [0.717, 1.165) is 19.3 Å².